The van der Waals surface area contributed by atoms with Crippen molar-refractivity contribution in [3.05, 3.63) is 40.4 Å². The zero-order valence-electron chi connectivity index (χ0n) is 12.0. The topological polar surface area (TPSA) is 51.2 Å². The van der Waals surface area contributed by atoms with Crippen LogP contribution in [0.15, 0.2) is 23.6 Å². The maximum absolute atomic E-state index is 11.4. The molecule has 0 radical (unpaired) electrons. The lowest BCUT2D eigenvalue weighted by atomic mass is 10.1. The summed E-state index contributed by atoms with van der Waals surface area (Å²) in [6, 6.07) is 6.49. The van der Waals surface area contributed by atoms with Gasteiger partial charge in [-0.3, -0.25) is 4.79 Å². The maximum atomic E-state index is 11.4. The third-order valence-electron chi connectivity index (χ3n) is 3.53. The minimum Gasteiger partial charge on any atom is -0.466 e. The van der Waals surface area contributed by atoms with Crippen molar-refractivity contribution in [2.24, 2.45) is 0 Å². The fourth-order valence-corrected chi connectivity index (χ4v) is 3.31. The quantitative estimate of drug-likeness (QED) is 0.859. The van der Waals surface area contributed by atoms with E-state index in [0.717, 1.165) is 22.9 Å². The molecule has 1 N–H and O–H groups in total. The van der Waals surface area contributed by atoms with Gasteiger partial charge in [-0.1, -0.05) is 6.07 Å². The highest BCUT2D eigenvalue weighted by Crippen LogP contribution is 2.27. The number of nitrogens with one attached hydrogen (secondary N) is 1. The second-order valence-corrected chi connectivity index (χ2v) is 5.95. The minimum atomic E-state index is -0.230. The van der Waals surface area contributed by atoms with Gasteiger partial charge in [-0.15, -0.1) is 11.3 Å². The van der Waals surface area contributed by atoms with E-state index in [1.54, 1.807) is 6.92 Å². The Kier molecular flexibility index (Phi) is 4.20. The SMILES string of the molecule is CCOC(=O)Cc1csc(Nc2ccc3c(c2)CCC3)n1. The lowest BCUT2D eigenvalue weighted by Crippen LogP contribution is -2.07. The molecule has 1 aromatic carbocycles. The summed E-state index contributed by atoms with van der Waals surface area (Å²) >= 11 is 1.51. The van der Waals surface area contributed by atoms with E-state index in [4.69, 9.17) is 4.74 Å². The van der Waals surface area contributed by atoms with Crippen molar-refractivity contribution in [3.63, 3.8) is 0 Å². The van der Waals surface area contributed by atoms with E-state index in [-0.39, 0.29) is 12.4 Å². The summed E-state index contributed by atoms with van der Waals surface area (Å²) in [7, 11) is 0. The number of nitrogens with zero attached hydrogens (tertiary/aromatic N) is 1. The number of esters is 1. The smallest absolute Gasteiger partial charge is 0.311 e. The van der Waals surface area contributed by atoms with Gasteiger partial charge in [0, 0.05) is 11.1 Å². The zero-order valence-corrected chi connectivity index (χ0v) is 12.8. The number of aromatic nitrogens is 1. The molecule has 0 saturated heterocycles. The van der Waals surface area contributed by atoms with Crippen LogP contribution in [-0.2, 0) is 28.8 Å². The highest BCUT2D eigenvalue weighted by molar-refractivity contribution is 7.13. The summed E-state index contributed by atoms with van der Waals surface area (Å²) in [6.07, 6.45) is 3.84. The molecule has 1 aromatic heterocycles. The summed E-state index contributed by atoms with van der Waals surface area (Å²) in [5.41, 5.74) is 4.71. The van der Waals surface area contributed by atoms with Crippen molar-refractivity contribution < 1.29 is 9.53 Å². The van der Waals surface area contributed by atoms with Gasteiger partial charge in [-0.05, 0) is 49.4 Å². The van der Waals surface area contributed by atoms with Crippen molar-refractivity contribution in [1.82, 2.24) is 4.98 Å². The van der Waals surface area contributed by atoms with Gasteiger partial charge in [0.25, 0.3) is 0 Å². The molecule has 0 atom stereocenters. The van der Waals surface area contributed by atoms with E-state index >= 15 is 0 Å². The highest BCUT2D eigenvalue weighted by atomic mass is 32.1. The van der Waals surface area contributed by atoms with E-state index in [1.807, 2.05) is 5.38 Å². The lowest BCUT2D eigenvalue weighted by molar-refractivity contribution is -0.142. The molecule has 5 heteroatoms. The molecule has 0 saturated carbocycles. The Bertz CT molecular complexity index is 651. The average Bonchev–Trinajstić information content (AvgIpc) is 3.08. The number of hydrogen-bond donors (Lipinski definition) is 1. The summed E-state index contributed by atoms with van der Waals surface area (Å²) in [5, 5.41) is 6.02. The molecule has 4 nitrogen and oxygen atoms in total. The van der Waals surface area contributed by atoms with Crippen LogP contribution >= 0.6 is 11.3 Å². The first-order valence-corrected chi connectivity index (χ1v) is 8.11. The summed E-state index contributed by atoms with van der Waals surface area (Å²) in [6.45, 7) is 2.21. The van der Waals surface area contributed by atoms with Gasteiger partial charge in [-0.2, -0.15) is 0 Å². The Balaban J connectivity index is 1.65. The van der Waals surface area contributed by atoms with E-state index in [2.05, 4.69) is 28.5 Å². The first kappa shape index (κ1) is 14.1. The Labute approximate surface area is 128 Å². The second kappa shape index (κ2) is 6.26. The van der Waals surface area contributed by atoms with Crippen LogP contribution in [0.4, 0.5) is 10.8 Å². The predicted octanol–water partition coefficient (Wildman–Crippen LogP) is 3.48. The summed E-state index contributed by atoms with van der Waals surface area (Å²) in [5.74, 6) is -0.230. The number of hydrogen-bond acceptors (Lipinski definition) is 5. The number of aryl methyl sites for hydroxylation is 2. The zero-order chi connectivity index (χ0) is 14.7. The van der Waals surface area contributed by atoms with Crippen LogP contribution < -0.4 is 5.32 Å². The average molecular weight is 302 g/mol. The summed E-state index contributed by atoms with van der Waals surface area (Å²) in [4.78, 5) is 15.9. The minimum absolute atomic E-state index is 0.230. The molecule has 0 unspecified atom stereocenters. The third-order valence-corrected chi connectivity index (χ3v) is 4.34. The second-order valence-electron chi connectivity index (χ2n) is 5.09. The Hall–Kier alpha value is -1.88. The van der Waals surface area contributed by atoms with E-state index in [1.165, 1.54) is 35.3 Å². The van der Waals surface area contributed by atoms with Crippen molar-refractivity contribution in [1.29, 1.82) is 0 Å². The fourth-order valence-electron chi connectivity index (χ4n) is 2.58. The van der Waals surface area contributed by atoms with Crippen LogP contribution in [0.25, 0.3) is 0 Å². The van der Waals surface area contributed by atoms with Crippen LogP contribution in [0.2, 0.25) is 0 Å². The molecule has 1 heterocycles. The van der Waals surface area contributed by atoms with Crippen LogP contribution in [-0.4, -0.2) is 17.6 Å². The van der Waals surface area contributed by atoms with E-state index < -0.39 is 0 Å². The highest BCUT2D eigenvalue weighted by Gasteiger charge is 2.12. The van der Waals surface area contributed by atoms with Gasteiger partial charge in [0.1, 0.15) is 0 Å². The van der Waals surface area contributed by atoms with Crippen molar-refractivity contribution in [2.45, 2.75) is 32.6 Å². The molecule has 21 heavy (non-hydrogen) atoms. The number of carbonyl (C=O) groups is 1. The molecule has 0 amide bonds. The van der Waals surface area contributed by atoms with E-state index in [0.29, 0.717) is 6.61 Å². The largest absolute Gasteiger partial charge is 0.466 e. The van der Waals surface area contributed by atoms with E-state index in [9.17, 15) is 4.79 Å². The molecule has 0 bridgehead atoms. The molecular weight excluding hydrogens is 284 g/mol. The monoisotopic (exact) mass is 302 g/mol. The molecule has 0 spiro atoms. The van der Waals surface area contributed by atoms with Crippen LogP contribution in [0, 0.1) is 0 Å². The standard InChI is InChI=1S/C16H18N2O2S/c1-2-20-15(19)9-14-10-21-16(18-14)17-13-7-6-11-4-3-5-12(11)8-13/h6-8,10H,2-5,9H2,1H3,(H,17,18). The normalized spacial score (nSPS) is 13.0. The van der Waals surface area contributed by atoms with Crippen molar-refractivity contribution >= 4 is 28.1 Å². The number of carbonyl (C=O) groups excluding carboxylic acids is 1. The van der Waals surface area contributed by atoms with Gasteiger partial charge >= 0.3 is 5.97 Å². The molecule has 0 fully saturated rings. The van der Waals surface area contributed by atoms with Crippen LogP contribution in [0.5, 0.6) is 0 Å². The van der Waals surface area contributed by atoms with Crippen LogP contribution in [0.3, 0.4) is 0 Å². The molecule has 1 aliphatic carbocycles. The van der Waals surface area contributed by atoms with Gasteiger partial charge in [0.15, 0.2) is 5.13 Å². The predicted molar refractivity (Wildman–Crippen MR) is 84.2 cm³/mol. The Morgan fingerprint density at radius 3 is 3.10 bits per heavy atom. The number of anilines is 2. The first-order chi connectivity index (χ1) is 10.2. The molecule has 3 rings (SSSR count). The molecule has 2 aromatic rings. The van der Waals surface area contributed by atoms with Crippen LogP contribution in [0.1, 0.15) is 30.2 Å². The molecule has 1 aliphatic rings. The molecule has 110 valence electrons. The Morgan fingerprint density at radius 2 is 2.24 bits per heavy atom. The maximum Gasteiger partial charge on any atom is 0.311 e. The number of fused-ring (bicyclic) bond motifs is 1. The molecular formula is C16H18N2O2S. The lowest BCUT2D eigenvalue weighted by Gasteiger charge is -2.05. The van der Waals surface area contributed by atoms with Gasteiger partial charge in [-0.25, -0.2) is 4.98 Å². The first-order valence-electron chi connectivity index (χ1n) is 7.23. The fraction of sp³-hybridized carbons (Fsp3) is 0.375. The van der Waals surface area contributed by atoms with Crippen molar-refractivity contribution in [2.75, 3.05) is 11.9 Å². The van der Waals surface area contributed by atoms with Gasteiger partial charge in [0.05, 0.1) is 18.7 Å². The summed E-state index contributed by atoms with van der Waals surface area (Å²) < 4.78 is 4.93. The number of thiazole rings is 1. The van der Waals surface area contributed by atoms with Gasteiger partial charge in [0.2, 0.25) is 0 Å². The van der Waals surface area contributed by atoms with Crippen molar-refractivity contribution in [3.8, 4) is 0 Å². The molecule has 0 aliphatic heterocycles. The Morgan fingerprint density at radius 1 is 1.38 bits per heavy atom. The number of benzene rings is 1. The number of rotatable bonds is 5. The number of ether oxygens (including phenoxy) is 1. The van der Waals surface area contributed by atoms with Gasteiger partial charge < -0.3 is 10.1 Å². The third kappa shape index (κ3) is 3.42.